The summed E-state index contributed by atoms with van der Waals surface area (Å²) in [5.74, 6) is 0. The molecule has 0 fully saturated rings. The molecule has 2 amide bonds. The summed E-state index contributed by atoms with van der Waals surface area (Å²) in [7, 11) is 0. The predicted octanol–water partition coefficient (Wildman–Crippen LogP) is 2.27. The zero-order chi connectivity index (χ0) is 17.4. The van der Waals surface area contributed by atoms with Gasteiger partial charge in [-0.2, -0.15) is 5.10 Å². The summed E-state index contributed by atoms with van der Waals surface area (Å²) in [5.41, 5.74) is 1.49. The van der Waals surface area contributed by atoms with Crippen LogP contribution in [0.1, 0.15) is 32.3 Å². The van der Waals surface area contributed by atoms with Crippen LogP contribution in [0.4, 0.5) is 4.79 Å². The molecule has 2 aromatic rings. The van der Waals surface area contributed by atoms with Crippen molar-refractivity contribution in [3.8, 4) is 5.69 Å². The molecule has 0 spiro atoms. The van der Waals surface area contributed by atoms with E-state index >= 15 is 0 Å². The highest BCUT2D eigenvalue weighted by atomic mass is 16.3. The van der Waals surface area contributed by atoms with Gasteiger partial charge in [-0.3, -0.25) is 0 Å². The second kappa shape index (κ2) is 8.49. The maximum atomic E-state index is 12.0. The molecule has 1 atom stereocenters. The van der Waals surface area contributed by atoms with Gasteiger partial charge in [-0.1, -0.05) is 31.5 Å². The number of nitrogens with one attached hydrogen (secondary N) is 2. The van der Waals surface area contributed by atoms with Crippen LogP contribution < -0.4 is 10.6 Å². The molecule has 1 aromatic carbocycles. The molecule has 24 heavy (non-hydrogen) atoms. The lowest BCUT2D eigenvalue weighted by molar-refractivity contribution is 0.163. The molecule has 6 heteroatoms. The second-order valence-electron chi connectivity index (χ2n) is 6.23. The molecular formula is C18H26N4O2. The number of nitrogens with zero attached hydrogens (tertiary/aromatic N) is 2. The Bertz CT molecular complexity index is 641. The number of aliphatic hydroxyl groups excluding tert-OH is 1. The molecule has 1 unspecified atom stereocenters. The van der Waals surface area contributed by atoms with Crippen molar-refractivity contribution >= 4 is 6.03 Å². The van der Waals surface area contributed by atoms with Crippen LogP contribution in [-0.2, 0) is 6.42 Å². The fourth-order valence-corrected chi connectivity index (χ4v) is 2.58. The fourth-order valence-electron chi connectivity index (χ4n) is 2.58. The van der Waals surface area contributed by atoms with Crippen LogP contribution in [0.25, 0.3) is 5.69 Å². The maximum absolute atomic E-state index is 12.0. The quantitative estimate of drug-likeness (QED) is 0.695. The van der Waals surface area contributed by atoms with Crippen LogP contribution in [0.5, 0.6) is 0 Å². The van der Waals surface area contributed by atoms with Crippen LogP contribution in [0, 0.1) is 0 Å². The third-order valence-electron chi connectivity index (χ3n) is 3.92. The van der Waals surface area contributed by atoms with Gasteiger partial charge in [0, 0.05) is 12.7 Å². The van der Waals surface area contributed by atoms with Crippen LogP contribution in [0.3, 0.4) is 0 Å². The molecule has 0 aliphatic carbocycles. The number of rotatable bonds is 8. The molecule has 0 aliphatic rings. The van der Waals surface area contributed by atoms with E-state index in [0.29, 0.717) is 13.0 Å². The topological polar surface area (TPSA) is 79.2 Å². The maximum Gasteiger partial charge on any atom is 0.315 e. The zero-order valence-electron chi connectivity index (χ0n) is 14.3. The largest absolute Gasteiger partial charge is 0.394 e. The lowest BCUT2D eigenvalue weighted by Crippen LogP contribution is -2.52. The van der Waals surface area contributed by atoms with Crippen molar-refractivity contribution in [2.24, 2.45) is 0 Å². The number of carbonyl (C=O) groups is 1. The Labute approximate surface area is 142 Å². The van der Waals surface area contributed by atoms with Gasteiger partial charge in [0.15, 0.2) is 0 Å². The van der Waals surface area contributed by atoms with E-state index in [9.17, 15) is 9.90 Å². The van der Waals surface area contributed by atoms with E-state index in [0.717, 1.165) is 24.1 Å². The van der Waals surface area contributed by atoms with Gasteiger partial charge in [0.05, 0.1) is 24.0 Å². The number of benzene rings is 1. The van der Waals surface area contributed by atoms with Gasteiger partial charge in [0.2, 0.25) is 0 Å². The van der Waals surface area contributed by atoms with Gasteiger partial charge >= 0.3 is 6.03 Å². The van der Waals surface area contributed by atoms with Gasteiger partial charge < -0.3 is 15.7 Å². The summed E-state index contributed by atoms with van der Waals surface area (Å²) in [6.07, 6.45) is 6.10. The molecule has 1 heterocycles. The van der Waals surface area contributed by atoms with Crippen molar-refractivity contribution in [2.75, 3.05) is 13.2 Å². The molecule has 6 nitrogen and oxygen atoms in total. The van der Waals surface area contributed by atoms with E-state index in [2.05, 4.69) is 15.7 Å². The zero-order valence-corrected chi connectivity index (χ0v) is 14.3. The van der Waals surface area contributed by atoms with Gasteiger partial charge in [0.25, 0.3) is 0 Å². The van der Waals surface area contributed by atoms with Crippen LogP contribution >= 0.6 is 0 Å². The Kier molecular flexibility index (Phi) is 6.37. The molecule has 0 aliphatic heterocycles. The van der Waals surface area contributed by atoms with Crippen LogP contribution in [-0.4, -0.2) is 39.6 Å². The minimum Gasteiger partial charge on any atom is -0.394 e. The number of carbonyl (C=O) groups excluding carboxylic acids is 1. The van der Waals surface area contributed by atoms with E-state index in [1.54, 1.807) is 0 Å². The summed E-state index contributed by atoms with van der Waals surface area (Å²) >= 11 is 0. The number of hydrogen-bond acceptors (Lipinski definition) is 3. The van der Waals surface area contributed by atoms with Crippen molar-refractivity contribution < 1.29 is 9.90 Å². The van der Waals surface area contributed by atoms with E-state index in [1.807, 2.05) is 61.3 Å². The monoisotopic (exact) mass is 330 g/mol. The molecule has 0 saturated carbocycles. The van der Waals surface area contributed by atoms with Crippen molar-refractivity contribution in [3.05, 3.63) is 48.3 Å². The van der Waals surface area contributed by atoms with E-state index in [4.69, 9.17) is 0 Å². The standard InChI is InChI=1S/C18H26N4O2/c1-3-10-18(2,14-23)21-17(24)19-11-9-15-12-20-22(13-15)16-7-5-4-6-8-16/h4-8,12-13,23H,3,9-11,14H2,1-2H3,(H2,19,21,24). The Balaban J connectivity index is 1.80. The lowest BCUT2D eigenvalue weighted by Gasteiger charge is -2.28. The summed E-state index contributed by atoms with van der Waals surface area (Å²) < 4.78 is 1.82. The van der Waals surface area contributed by atoms with Crippen LogP contribution in [0.15, 0.2) is 42.7 Å². The molecule has 130 valence electrons. The van der Waals surface area contributed by atoms with Gasteiger partial charge in [-0.15, -0.1) is 0 Å². The lowest BCUT2D eigenvalue weighted by atomic mass is 9.98. The number of hydrogen-bond donors (Lipinski definition) is 3. The number of aliphatic hydroxyl groups is 1. The molecular weight excluding hydrogens is 304 g/mol. The van der Waals surface area contributed by atoms with Gasteiger partial charge in [0.1, 0.15) is 0 Å². The third-order valence-corrected chi connectivity index (χ3v) is 3.92. The highest BCUT2D eigenvalue weighted by Gasteiger charge is 2.24. The molecule has 1 aromatic heterocycles. The van der Waals surface area contributed by atoms with Crippen molar-refractivity contribution in [1.29, 1.82) is 0 Å². The molecule has 0 saturated heterocycles. The Morgan fingerprint density at radius 1 is 1.33 bits per heavy atom. The first-order valence-electron chi connectivity index (χ1n) is 8.32. The molecule has 0 bridgehead atoms. The van der Waals surface area contributed by atoms with Crippen LogP contribution in [0.2, 0.25) is 0 Å². The summed E-state index contributed by atoms with van der Waals surface area (Å²) in [4.78, 5) is 12.0. The first kappa shape index (κ1) is 18.0. The first-order chi connectivity index (χ1) is 11.6. The van der Waals surface area contributed by atoms with Gasteiger partial charge in [-0.05, 0) is 37.5 Å². The fraction of sp³-hybridized carbons (Fsp3) is 0.444. The Hall–Kier alpha value is -2.34. The van der Waals surface area contributed by atoms with E-state index in [1.165, 1.54) is 0 Å². The number of aromatic nitrogens is 2. The molecule has 3 N–H and O–H groups in total. The highest BCUT2D eigenvalue weighted by molar-refractivity contribution is 5.74. The number of para-hydroxylation sites is 1. The van der Waals surface area contributed by atoms with Crippen molar-refractivity contribution in [1.82, 2.24) is 20.4 Å². The first-order valence-corrected chi connectivity index (χ1v) is 8.32. The Morgan fingerprint density at radius 3 is 2.75 bits per heavy atom. The minimum absolute atomic E-state index is 0.0713. The average Bonchev–Trinajstić information content (AvgIpc) is 3.05. The molecule has 2 rings (SSSR count). The van der Waals surface area contributed by atoms with Crippen molar-refractivity contribution in [3.63, 3.8) is 0 Å². The van der Waals surface area contributed by atoms with Gasteiger partial charge in [-0.25, -0.2) is 9.48 Å². The molecule has 0 radical (unpaired) electrons. The average molecular weight is 330 g/mol. The van der Waals surface area contributed by atoms with E-state index in [-0.39, 0.29) is 12.6 Å². The smallest absolute Gasteiger partial charge is 0.315 e. The number of amides is 2. The third kappa shape index (κ3) is 5.09. The highest BCUT2D eigenvalue weighted by Crippen LogP contribution is 2.11. The predicted molar refractivity (Wildman–Crippen MR) is 94.2 cm³/mol. The number of urea groups is 1. The second-order valence-corrected chi connectivity index (χ2v) is 6.23. The normalized spacial score (nSPS) is 13.3. The SMILES string of the molecule is CCCC(C)(CO)NC(=O)NCCc1cnn(-c2ccccc2)c1. The Morgan fingerprint density at radius 2 is 2.08 bits per heavy atom. The minimum atomic E-state index is -0.572. The summed E-state index contributed by atoms with van der Waals surface area (Å²) in [5, 5.41) is 19.4. The summed E-state index contributed by atoms with van der Waals surface area (Å²) in [6.45, 7) is 4.32. The van der Waals surface area contributed by atoms with Crippen molar-refractivity contribution in [2.45, 2.75) is 38.6 Å². The summed E-state index contributed by atoms with van der Waals surface area (Å²) in [6, 6.07) is 9.64. The van der Waals surface area contributed by atoms with E-state index < -0.39 is 5.54 Å².